The third-order valence-corrected chi connectivity index (χ3v) is 3.34. The normalized spacial score (nSPS) is 37.8. The van der Waals surface area contributed by atoms with Crippen LogP contribution in [0.5, 0.6) is 0 Å². The van der Waals surface area contributed by atoms with Gasteiger partial charge in [-0.25, -0.2) is 0 Å². The summed E-state index contributed by atoms with van der Waals surface area (Å²) >= 11 is 0. The average molecular weight is 316 g/mol. The SMILES string of the molecule is C=C[C@@H]1OC[C@H]2O[C@H](OC)[C@H](OC(C)=O)[C@@H](OC(C)=O)[C@@H]2O1. The second-order valence-corrected chi connectivity index (χ2v) is 4.96. The molecule has 8 nitrogen and oxygen atoms in total. The van der Waals surface area contributed by atoms with E-state index in [1.165, 1.54) is 27.0 Å². The largest absolute Gasteiger partial charge is 0.455 e. The molecule has 2 fully saturated rings. The van der Waals surface area contributed by atoms with Gasteiger partial charge in [-0.2, -0.15) is 0 Å². The maximum atomic E-state index is 11.4. The first-order valence-electron chi connectivity index (χ1n) is 6.88. The van der Waals surface area contributed by atoms with Gasteiger partial charge in [0.2, 0.25) is 0 Å². The topological polar surface area (TPSA) is 89.5 Å². The smallest absolute Gasteiger partial charge is 0.303 e. The van der Waals surface area contributed by atoms with Gasteiger partial charge in [-0.1, -0.05) is 6.58 Å². The molecule has 2 saturated heterocycles. The first-order valence-corrected chi connectivity index (χ1v) is 6.88. The number of carbonyl (C=O) groups excluding carboxylic acids is 2. The lowest BCUT2D eigenvalue weighted by Gasteiger charge is -2.47. The Kier molecular flexibility index (Phi) is 5.52. The molecule has 0 saturated carbocycles. The summed E-state index contributed by atoms with van der Waals surface area (Å²) in [6, 6.07) is 0. The lowest BCUT2D eigenvalue weighted by Crippen LogP contribution is -2.64. The van der Waals surface area contributed by atoms with Crippen LogP contribution in [0.1, 0.15) is 13.8 Å². The van der Waals surface area contributed by atoms with Crippen molar-refractivity contribution in [3.8, 4) is 0 Å². The highest BCUT2D eigenvalue weighted by atomic mass is 16.8. The number of rotatable bonds is 4. The van der Waals surface area contributed by atoms with E-state index in [0.29, 0.717) is 0 Å². The minimum absolute atomic E-state index is 0.214. The molecular weight excluding hydrogens is 296 g/mol. The van der Waals surface area contributed by atoms with Crippen LogP contribution < -0.4 is 0 Å². The van der Waals surface area contributed by atoms with Crippen molar-refractivity contribution >= 4 is 11.9 Å². The summed E-state index contributed by atoms with van der Waals surface area (Å²) in [6.07, 6.45) is -3.03. The summed E-state index contributed by atoms with van der Waals surface area (Å²) in [5.74, 6) is -1.07. The van der Waals surface area contributed by atoms with E-state index in [1.54, 1.807) is 0 Å². The van der Waals surface area contributed by atoms with Gasteiger partial charge >= 0.3 is 11.9 Å². The summed E-state index contributed by atoms with van der Waals surface area (Å²) in [7, 11) is 1.41. The van der Waals surface area contributed by atoms with Crippen molar-refractivity contribution in [2.24, 2.45) is 0 Å². The Labute approximate surface area is 128 Å². The van der Waals surface area contributed by atoms with E-state index in [1.807, 2.05) is 0 Å². The molecule has 6 atom stereocenters. The van der Waals surface area contributed by atoms with Crippen LogP contribution in [-0.2, 0) is 38.0 Å². The molecule has 0 amide bonds. The van der Waals surface area contributed by atoms with Gasteiger partial charge < -0.3 is 28.4 Å². The number of esters is 2. The molecule has 2 aliphatic rings. The minimum Gasteiger partial charge on any atom is -0.455 e. The standard InChI is InChI=1S/C14H20O8/c1-5-10-18-6-9-11(22-10)12(19-7(2)15)13(20-8(3)16)14(17-4)21-9/h5,9-14H,1,6H2,2-4H3/t9-,10-,11-,12+,13-,14+/m1/s1. The quantitative estimate of drug-likeness (QED) is 0.535. The van der Waals surface area contributed by atoms with Crippen molar-refractivity contribution in [1.29, 1.82) is 0 Å². The van der Waals surface area contributed by atoms with Crippen LogP contribution in [0.2, 0.25) is 0 Å². The predicted molar refractivity (Wildman–Crippen MR) is 71.6 cm³/mol. The van der Waals surface area contributed by atoms with Gasteiger partial charge in [0.1, 0.15) is 12.2 Å². The summed E-state index contributed by atoms with van der Waals surface area (Å²) in [4.78, 5) is 22.7. The van der Waals surface area contributed by atoms with E-state index in [2.05, 4.69) is 6.58 Å². The number of methoxy groups -OCH3 is 1. The van der Waals surface area contributed by atoms with Crippen LogP contribution in [0.3, 0.4) is 0 Å². The van der Waals surface area contributed by atoms with E-state index < -0.39 is 48.9 Å². The molecule has 124 valence electrons. The Morgan fingerprint density at radius 1 is 1.14 bits per heavy atom. The molecule has 2 rings (SSSR count). The molecule has 2 heterocycles. The van der Waals surface area contributed by atoms with Crippen molar-refractivity contribution in [3.63, 3.8) is 0 Å². The highest BCUT2D eigenvalue weighted by Gasteiger charge is 2.53. The highest BCUT2D eigenvalue weighted by molar-refractivity contribution is 5.67. The fraction of sp³-hybridized carbons (Fsp3) is 0.714. The summed E-state index contributed by atoms with van der Waals surface area (Å²) in [5.41, 5.74) is 0. The number of carbonyl (C=O) groups is 2. The Morgan fingerprint density at radius 3 is 2.32 bits per heavy atom. The maximum absolute atomic E-state index is 11.4. The van der Waals surface area contributed by atoms with E-state index in [4.69, 9.17) is 28.4 Å². The molecule has 0 aromatic heterocycles. The zero-order chi connectivity index (χ0) is 16.3. The summed E-state index contributed by atoms with van der Waals surface area (Å²) < 4.78 is 32.5. The molecule has 0 spiro atoms. The monoisotopic (exact) mass is 316 g/mol. The molecule has 2 aliphatic heterocycles. The fourth-order valence-electron chi connectivity index (χ4n) is 2.52. The van der Waals surface area contributed by atoms with Gasteiger partial charge in [0.05, 0.1) is 6.61 Å². The molecule has 0 radical (unpaired) electrons. The third-order valence-electron chi connectivity index (χ3n) is 3.34. The van der Waals surface area contributed by atoms with E-state index in [0.717, 1.165) is 0 Å². The van der Waals surface area contributed by atoms with Crippen LogP contribution >= 0.6 is 0 Å². The van der Waals surface area contributed by atoms with Gasteiger partial charge in [-0.3, -0.25) is 9.59 Å². The molecular formula is C14H20O8. The lowest BCUT2D eigenvalue weighted by atomic mass is 9.97. The van der Waals surface area contributed by atoms with E-state index >= 15 is 0 Å². The molecule has 0 unspecified atom stereocenters. The summed E-state index contributed by atoms with van der Waals surface area (Å²) in [5, 5.41) is 0. The number of fused-ring (bicyclic) bond motifs is 1. The Bertz CT molecular complexity index is 437. The third kappa shape index (κ3) is 3.64. The van der Waals surface area contributed by atoms with Gasteiger partial charge in [-0.05, 0) is 6.08 Å². The first-order chi connectivity index (χ1) is 10.5. The molecule has 0 N–H and O–H groups in total. The van der Waals surface area contributed by atoms with Gasteiger partial charge in [0.15, 0.2) is 24.8 Å². The first kappa shape index (κ1) is 16.9. The fourth-order valence-corrected chi connectivity index (χ4v) is 2.52. The van der Waals surface area contributed by atoms with Crippen LogP contribution in [0.4, 0.5) is 0 Å². The van der Waals surface area contributed by atoms with Crippen molar-refractivity contribution < 1.29 is 38.0 Å². The average Bonchev–Trinajstić information content (AvgIpc) is 2.47. The highest BCUT2D eigenvalue weighted by Crippen LogP contribution is 2.32. The zero-order valence-corrected chi connectivity index (χ0v) is 12.7. The van der Waals surface area contributed by atoms with Gasteiger partial charge in [0.25, 0.3) is 0 Å². The maximum Gasteiger partial charge on any atom is 0.303 e. The molecule has 0 bridgehead atoms. The minimum atomic E-state index is -0.934. The second-order valence-electron chi connectivity index (χ2n) is 4.96. The molecule has 0 aromatic rings. The van der Waals surface area contributed by atoms with Crippen molar-refractivity contribution in [1.82, 2.24) is 0 Å². The van der Waals surface area contributed by atoms with Gasteiger partial charge in [0, 0.05) is 21.0 Å². The van der Waals surface area contributed by atoms with Gasteiger partial charge in [-0.15, -0.1) is 0 Å². The number of hydrogen-bond donors (Lipinski definition) is 0. The Balaban J connectivity index is 2.26. The van der Waals surface area contributed by atoms with Crippen LogP contribution in [0.25, 0.3) is 0 Å². The van der Waals surface area contributed by atoms with Crippen LogP contribution in [0.15, 0.2) is 12.7 Å². The molecule has 0 aliphatic carbocycles. The zero-order valence-electron chi connectivity index (χ0n) is 12.7. The number of ether oxygens (including phenoxy) is 6. The predicted octanol–water partition coefficient (Wildman–Crippen LogP) is 0.149. The van der Waals surface area contributed by atoms with Crippen LogP contribution in [-0.4, -0.2) is 62.7 Å². The Hall–Kier alpha value is -1.48. The van der Waals surface area contributed by atoms with E-state index in [9.17, 15) is 9.59 Å². The van der Waals surface area contributed by atoms with Crippen LogP contribution in [0, 0.1) is 0 Å². The number of hydrogen-bond acceptors (Lipinski definition) is 8. The molecule has 22 heavy (non-hydrogen) atoms. The Morgan fingerprint density at radius 2 is 1.77 bits per heavy atom. The molecule has 0 aromatic carbocycles. The lowest BCUT2D eigenvalue weighted by molar-refractivity contribution is -0.349. The van der Waals surface area contributed by atoms with Crippen molar-refractivity contribution in [3.05, 3.63) is 12.7 Å². The van der Waals surface area contributed by atoms with E-state index in [-0.39, 0.29) is 6.61 Å². The second kappa shape index (κ2) is 7.19. The summed E-state index contributed by atoms with van der Waals surface area (Å²) in [6.45, 7) is 6.33. The van der Waals surface area contributed by atoms with Crippen molar-refractivity contribution in [2.75, 3.05) is 13.7 Å². The van der Waals surface area contributed by atoms with Crippen molar-refractivity contribution in [2.45, 2.75) is 50.8 Å². The molecule has 8 heteroatoms.